The number of benzene rings is 1. The first kappa shape index (κ1) is 16.4. The highest BCUT2D eigenvalue weighted by Crippen LogP contribution is 2.18. The molecule has 0 heterocycles. The van der Waals surface area contributed by atoms with Crippen molar-refractivity contribution < 1.29 is 9.72 Å². The van der Waals surface area contributed by atoms with Crippen LogP contribution in [0.1, 0.15) is 36.2 Å². The SMILES string of the molecule is Cc1ccc([N+](=O)[O-])cc1C(=O)NC(CCl)CC(C)C. The van der Waals surface area contributed by atoms with Gasteiger partial charge in [0.2, 0.25) is 0 Å². The second-order valence-corrected chi connectivity index (χ2v) is 5.52. The van der Waals surface area contributed by atoms with Gasteiger partial charge in [0.15, 0.2) is 0 Å². The van der Waals surface area contributed by atoms with Crippen LogP contribution in [0.15, 0.2) is 18.2 Å². The van der Waals surface area contributed by atoms with Crippen LogP contribution in [0.4, 0.5) is 5.69 Å². The lowest BCUT2D eigenvalue weighted by Crippen LogP contribution is -2.37. The first-order valence-electron chi connectivity index (χ1n) is 6.47. The largest absolute Gasteiger partial charge is 0.348 e. The molecule has 0 aliphatic rings. The zero-order valence-electron chi connectivity index (χ0n) is 11.9. The molecule has 1 N–H and O–H groups in total. The molecule has 1 atom stereocenters. The molecule has 1 aromatic rings. The summed E-state index contributed by atoms with van der Waals surface area (Å²) in [5.41, 5.74) is 0.927. The number of aryl methyl sites for hydroxylation is 1. The molecule has 1 amide bonds. The van der Waals surface area contributed by atoms with Crippen LogP contribution in [-0.4, -0.2) is 22.8 Å². The summed E-state index contributed by atoms with van der Waals surface area (Å²) in [7, 11) is 0. The molecule has 20 heavy (non-hydrogen) atoms. The third kappa shape index (κ3) is 4.49. The summed E-state index contributed by atoms with van der Waals surface area (Å²) in [6.45, 7) is 5.84. The molecule has 0 aliphatic heterocycles. The first-order chi connectivity index (χ1) is 9.35. The zero-order chi connectivity index (χ0) is 15.3. The molecule has 0 fully saturated rings. The molecule has 6 heteroatoms. The molecule has 1 aromatic carbocycles. The summed E-state index contributed by atoms with van der Waals surface area (Å²) in [4.78, 5) is 22.5. The van der Waals surface area contributed by atoms with Crippen LogP contribution in [0.2, 0.25) is 0 Å². The Morgan fingerprint density at radius 2 is 2.10 bits per heavy atom. The summed E-state index contributed by atoms with van der Waals surface area (Å²) >= 11 is 5.84. The van der Waals surface area contributed by atoms with Crippen LogP contribution in [-0.2, 0) is 0 Å². The van der Waals surface area contributed by atoms with Crippen LogP contribution in [0, 0.1) is 23.0 Å². The third-order valence-corrected chi connectivity index (χ3v) is 3.33. The van der Waals surface area contributed by atoms with Gasteiger partial charge in [-0.05, 0) is 24.8 Å². The zero-order valence-corrected chi connectivity index (χ0v) is 12.6. The normalized spacial score (nSPS) is 12.2. The summed E-state index contributed by atoms with van der Waals surface area (Å²) in [6.07, 6.45) is 0.767. The minimum Gasteiger partial charge on any atom is -0.348 e. The maximum absolute atomic E-state index is 12.2. The van der Waals surface area contributed by atoms with E-state index >= 15 is 0 Å². The van der Waals surface area contributed by atoms with E-state index in [0.29, 0.717) is 22.9 Å². The van der Waals surface area contributed by atoms with Gasteiger partial charge in [0.1, 0.15) is 0 Å². The molecule has 5 nitrogen and oxygen atoms in total. The Morgan fingerprint density at radius 3 is 2.60 bits per heavy atom. The molecular formula is C14H19ClN2O3. The standard InChI is InChI=1S/C14H19ClN2O3/c1-9(2)6-11(8-15)16-14(18)13-7-12(17(19)20)5-4-10(13)3/h4-5,7,9,11H,6,8H2,1-3H3,(H,16,18). The predicted octanol–water partition coefficient (Wildman–Crippen LogP) is 3.29. The number of nitro groups is 1. The highest BCUT2D eigenvalue weighted by atomic mass is 35.5. The molecule has 1 rings (SSSR count). The fourth-order valence-corrected chi connectivity index (χ4v) is 2.16. The molecule has 0 aromatic heterocycles. The molecule has 0 spiro atoms. The van der Waals surface area contributed by atoms with E-state index in [1.165, 1.54) is 12.1 Å². The molecular weight excluding hydrogens is 280 g/mol. The van der Waals surface area contributed by atoms with Gasteiger partial charge in [-0.1, -0.05) is 19.9 Å². The number of nitro benzene ring substituents is 1. The summed E-state index contributed by atoms with van der Waals surface area (Å²) in [5.74, 6) is 0.403. The fourth-order valence-electron chi connectivity index (χ4n) is 1.96. The smallest absolute Gasteiger partial charge is 0.270 e. The van der Waals surface area contributed by atoms with Crippen molar-refractivity contribution in [3.05, 3.63) is 39.4 Å². The van der Waals surface area contributed by atoms with Crippen molar-refractivity contribution in [3.8, 4) is 0 Å². The van der Waals surface area contributed by atoms with Crippen molar-refractivity contribution in [3.63, 3.8) is 0 Å². The molecule has 0 bridgehead atoms. The van der Waals surface area contributed by atoms with Crippen LogP contribution in [0.3, 0.4) is 0 Å². The van der Waals surface area contributed by atoms with Crippen LogP contribution >= 0.6 is 11.6 Å². The number of hydrogen-bond donors (Lipinski definition) is 1. The monoisotopic (exact) mass is 298 g/mol. The Labute approximate surface area is 123 Å². The number of carbonyl (C=O) groups excluding carboxylic acids is 1. The van der Waals surface area contributed by atoms with Crippen molar-refractivity contribution in [1.82, 2.24) is 5.32 Å². The maximum atomic E-state index is 12.2. The van der Waals surface area contributed by atoms with E-state index in [-0.39, 0.29) is 17.6 Å². The van der Waals surface area contributed by atoms with E-state index < -0.39 is 4.92 Å². The van der Waals surface area contributed by atoms with E-state index in [0.717, 1.165) is 6.42 Å². The number of nitrogens with zero attached hydrogens (tertiary/aromatic N) is 1. The lowest BCUT2D eigenvalue weighted by atomic mass is 10.0. The van der Waals surface area contributed by atoms with Gasteiger partial charge in [-0.25, -0.2) is 0 Å². The van der Waals surface area contributed by atoms with E-state index in [9.17, 15) is 14.9 Å². The quantitative estimate of drug-likeness (QED) is 0.497. The van der Waals surface area contributed by atoms with Crippen LogP contribution in [0.5, 0.6) is 0 Å². The highest BCUT2D eigenvalue weighted by molar-refractivity contribution is 6.18. The second kappa shape index (κ2) is 7.24. The fraction of sp³-hybridized carbons (Fsp3) is 0.500. The number of alkyl halides is 1. The number of rotatable bonds is 6. The molecule has 110 valence electrons. The number of nitrogens with one attached hydrogen (secondary N) is 1. The Morgan fingerprint density at radius 1 is 1.45 bits per heavy atom. The minimum absolute atomic E-state index is 0.0907. The molecule has 1 unspecified atom stereocenters. The van der Waals surface area contributed by atoms with E-state index in [1.54, 1.807) is 13.0 Å². The highest BCUT2D eigenvalue weighted by Gasteiger charge is 2.18. The Kier molecular flexibility index (Phi) is 5.95. The Balaban J connectivity index is 2.91. The van der Waals surface area contributed by atoms with Crippen molar-refractivity contribution in [2.45, 2.75) is 33.2 Å². The topological polar surface area (TPSA) is 72.2 Å². The Bertz CT molecular complexity index is 503. The average Bonchev–Trinajstić information content (AvgIpc) is 2.37. The molecule has 0 saturated heterocycles. The molecule has 0 aliphatic carbocycles. The number of non-ortho nitro benzene ring substituents is 1. The maximum Gasteiger partial charge on any atom is 0.270 e. The van der Waals surface area contributed by atoms with Gasteiger partial charge in [-0.15, -0.1) is 11.6 Å². The van der Waals surface area contributed by atoms with E-state index in [1.807, 2.05) is 13.8 Å². The number of hydrogen-bond acceptors (Lipinski definition) is 3. The minimum atomic E-state index is -0.511. The van der Waals surface area contributed by atoms with Crippen molar-refractivity contribution in [1.29, 1.82) is 0 Å². The van der Waals surface area contributed by atoms with Gasteiger partial charge < -0.3 is 5.32 Å². The van der Waals surface area contributed by atoms with Crippen molar-refractivity contribution >= 4 is 23.2 Å². The van der Waals surface area contributed by atoms with Crippen molar-refractivity contribution in [2.75, 3.05) is 5.88 Å². The second-order valence-electron chi connectivity index (χ2n) is 5.21. The molecule has 0 radical (unpaired) electrons. The third-order valence-electron chi connectivity index (χ3n) is 2.95. The number of carbonyl (C=O) groups is 1. The average molecular weight is 299 g/mol. The Hall–Kier alpha value is -1.62. The lowest BCUT2D eigenvalue weighted by molar-refractivity contribution is -0.384. The van der Waals surface area contributed by atoms with Gasteiger partial charge in [0, 0.05) is 29.6 Å². The van der Waals surface area contributed by atoms with Crippen molar-refractivity contribution in [2.24, 2.45) is 5.92 Å². The van der Waals surface area contributed by atoms with Gasteiger partial charge in [0.25, 0.3) is 11.6 Å². The first-order valence-corrected chi connectivity index (χ1v) is 7.00. The van der Waals surface area contributed by atoms with Crippen LogP contribution < -0.4 is 5.32 Å². The summed E-state index contributed by atoms with van der Waals surface area (Å²) < 4.78 is 0. The van der Waals surface area contributed by atoms with Gasteiger partial charge >= 0.3 is 0 Å². The predicted molar refractivity (Wildman–Crippen MR) is 79.3 cm³/mol. The number of amides is 1. The number of halogens is 1. The van der Waals surface area contributed by atoms with Crippen LogP contribution in [0.25, 0.3) is 0 Å². The molecule has 0 saturated carbocycles. The van der Waals surface area contributed by atoms with Gasteiger partial charge in [0.05, 0.1) is 4.92 Å². The summed E-state index contributed by atoms with van der Waals surface area (Å²) in [6, 6.07) is 4.12. The van der Waals surface area contributed by atoms with Gasteiger partial charge in [-0.2, -0.15) is 0 Å². The van der Waals surface area contributed by atoms with E-state index in [4.69, 9.17) is 11.6 Å². The summed E-state index contributed by atoms with van der Waals surface area (Å²) in [5, 5.41) is 13.6. The lowest BCUT2D eigenvalue weighted by Gasteiger charge is -2.18. The van der Waals surface area contributed by atoms with Gasteiger partial charge in [-0.3, -0.25) is 14.9 Å². The van der Waals surface area contributed by atoms with E-state index in [2.05, 4.69) is 5.32 Å².